The number of rotatable bonds is 16. The molecule has 8 N–H and O–H groups in total. The van der Waals surface area contributed by atoms with Crippen LogP contribution in [0.4, 0.5) is 5.69 Å². The molecule has 0 fully saturated rings. The fraction of sp³-hybridized carbons (Fsp3) is 0.286. The lowest BCUT2D eigenvalue weighted by Crippen LogP contribution is -2.37. The lowest BCUT2D eigenvalue weighted by atomic mass is 10.1. The fourth-order valence-electron chi connectivity index (χ4n) is 4.00. The second-order valence-electron chi connectivity index (χ2n) is 8.92. The Bertz CT molecular complexity index is 1440. The number of amidine groups is 2. The normalized spacial score (nSPS) is 10.8. The second kappa shape index (κ2) is 15.7. The average molecular weight is 653 g/mol. The quantitative estimate of drug-likeness (QED) is 0.0859. The summed E-state index contributed by atoms with van der Waals surface area (Å²) in [5.41, 5.74) is 18.2. The number of nitrogen functional groups attached to an aromatic ring is 3. The molecule has 0 aromatic heterocycles. The number of nitrogens with one attached hydrogen (secondary N) is 2. The van der Waals surface area contributed by atoms with E-state index in [9.17, 15) is 8.42 Å². The number of nitrogens with two attached hydrogens (primary N) is 3. The molecule has 0 aliphatic carbocycles. The number of nitrogens with zero attached hydrogens (tertiary/aromatic N) is 1. The maximum Gasteiger partial charge on any atom is 0.243 e. The van der Waals surface area contributed by atoms with Crippen molar-refractivity contribution in [1.29, 1.82) is 10.8 Å². The summed E-state index contributed by atoms with van der Waals surface area (Å²) >= 11 is 0. The minimum Gasteiger partial charge on any atom is -0.493 e. The zero-order chi connectivity index (χ0) is 31.7. The SMILES string of the molecule is COc1cc(C(=N)N)cc(OC)c1OCCN(CCOc1c(OC)cc(C(=N)N)cc1OC)S(=O)(=O)c1ccc(N)cc1.Cl. The van der Waals surface area contributed by atoms with Gasteiger partial charge in [-0.15, -0.1) is 12.4 Å². The van der Waals surface area contributed by atoms with Gasteiger partial charge < -0.3 is 45.6 Å². The standard InChI is InChI=1S/C28H36N6O8S.ClH/c1-37-21-13-17(27(30)31)14-22(38-2)25(21)41-11-9-34(43(35,36)20-7-5-19(29)6-8-20)10-12-42-26-23(39-3)15-18(28(32)33)16-24(26)40-4;/h5-8,13-16H,9-12,29H2,1-4H3,(H3,30,31)(H3,32,33);1H. The highest BCUT2D eigenvalue weighted by Gasteiger charge is 2.26. The highest BCUT2D eigenvalue weighted by molar-refractivity contribution is 7.89. The fourth-order valence-corrected chi connectivity index (χ4v) is 5.40. The van der Waals surface area contributed by atoms with Crippen molar-refractivity contribution < 1.29 is 36.8 Å². The van der Waals surface area contributed by atoms with Gasteiger partial charge in [-0.05, 0) is 48.5 Å². The first-order valence-electron chi connectivity index (χ1n) is 12.8. The first kappa shape index (κ1) is 35.6. The van der Waals surface area contributed by atoms with Gasteiger partial charge in [-0.25, -0.2) is 8.42 Å². The number of sulfonamides is 1. The van der Waals surface area contributed by atoms with Crippen molar-refractivity contribution in [2.24, 2.45) is 11.5 Å². The third-order valence-corrected chi connectivity index (χ3v) is 8.15. The molecule has 0 radical (unpaired) electrons. The molecule has 44 heavy (non-hydrogen) atoms. The number of anilines is 1. The van der Waals surface area contributed by atoms with Gasteiger partial charge in [0.05, 0.1) is 33.3 Å². The molecule has 3 aromatic rings. The molecule has 0 spiro atoms. The Kier molecular flexibility index (Phi) is 12.7. The summed E-state index contributed by atoms with van der Waals surface area (Å²) in [5.74, 6) is 1.10. The Morgan fingerprint density at radius 2 is 1.05 bits per heavy atom. The van der Waals surface area contributed by atoms with Crippen LogP contribution >= 0.6 is 12.4 Å². The summed E-state index contributed by atoms with van der Waals surface area (Å²) < 4.78 is 62.0. The van der Waals surface area contributed by atoms with Gasteiger partial charge in [0.25, 0.3) is 0 Å². The number of methoxy groups -OCH3 is 4. The van der Waals surface area contributed by atoms with Crippen molar-refractivity contribution in [1.82, 2.24) is 4.31 Å². The molecule has 3 rings (SSSR count). The minimum atomic E-state index is -4.02. The smallest absolute Gasteiger partial charge is 0.243 e. The van der Waals surface area contributed by atoms with Gasteiger partial charge >= 0.3 is 0 Å². The van der Waals surface area contributed by atoms with Crippen molar-refractivity contribution in [3.05, 3.63) is 59.7 Å². The van der Waals surface area contributed by atoms with E-state index in [0.717, 1.165) is 0 Å². The molecule has 0 amide bonds. The minimum absolute atomic E-state index is 0. The maximum atomic E-state index is 13.7. The third-order valence-electron chi connectivity index (χ3n) is 6.24. The van der Waals surface area contributed by atoms with E-state index in [-0.39, 0.29) is 89.8 Å². The largest absolute Gasteiger partial charge is 0.493 e. The second-order valence-corrected chi connectivity index (χ2v) is 10.9. The van der Waals surface area contributed by atoms with Crippen LogP contribution in [0.25, 0.3) is 0 Å². The molecular weight excluding hydrogens is 616 g/mol. The zero-order valence-electron chi connectivity index (χ0n) is 24.7. The molecule has 0 atom stereocenters. The molecule has 0 aliphatic rings. The molecule has 0 heterocycles. The Morgan fingerprint density at radius 1 is 0.705 bits per heavy atom. The van der Waals surface area contributed by atoms with Crippen LogP contribution in [0.3, 0.4) is 0 Å². The number of ether oxygens (including phenoxy) is 6. The van der Waals surface area contributed by atoms with Crippen molar-refractivity contribution in [3.8, 4) is 34.5 Å². The van der Waals surface area contributed by atoms with Crippen molar-refractivity contribution in [2.45, 2.75) is 4.90 Å². The van der Waals surface area contributed by atoms with Gasteiger partial charge in [-0.3, -0.25) is 10.8 Å². The van der Waals surface area contributed by atoms with E-state index in [4.69, 9.17) is 56.4 Å². The summed E-state index contributed by atoms with van der Waals surface area (Å²) in [6.45, 7) is -0.372. The van der Waals surface area contributed by atoms with E-state index >= 15 is 0 Å². The summed E-state index contributed by atoms with van der Waals surface area (Å²) in [6, 6.07) is 11.9. The summed E-state index contributed by atoms with van der Waals surface area (Å²) in [7, 11) is 1.67. The van der Waals surface area contributed by atoms with Gasteiger partial charge in [0.15, 0.2) is 23.0 Å². The first-order chi connectivity index (χ1) is 20.5. The molecule has 0 aliphatic heterocycles. The predicted octanol–water partition coefficient (Wildman–Crippen LogP) is 2.44. The molecule has 0 saturated carbocycles. The molecule has 14 nitrogen and oxygen atoms in total. The van der Waals surface area contributed by atoms with E-state index in [1.54, 1.807) is 0 Å². The van der Waals surface area contributed by atoms with Crippen LogP contribution in [0.15, 0.2) is 53.4 Å². The highest BCUT2D eigenvalue weighted by Crippen LogP contribution is 2.39. The van der Waals surface area contributed by atoms with Crippen LogP contribution in [0.5, 0.6) is 34.5 Å². The Hall–Kier alpha value is -4.60. The van der Waals surface area contributed by atoms with Crippen molar-refractivity contribution in [2.75, 3.05) is 60.5 Å². The molecule has 0 unspecified atom stereocenters. The molecule has 16 heteroatoms. The average Bonchev–Trinajstić information content (AvgIpc) is 2.99. The van der Waals surface area contributed by atoms with E-state index in [0.29, 0.717) is 16.8 Å². The topological polar surface area (TPSA) is 219 Å². The number of halogens is 1. The van der Waals surface area contributed by atoms with Crippen molar-refractivity contribution >= 4 is 39.8 Å². The summed E-state index contributed by atoms with van der Waals surface area (Å²) in [4.78, 5) is 0.0312. The highest BCUT2D eigenvalue weighted by atomic mass is 35.5. The first-order valence-corrected chi connectivity index (χ1v) is 14.2. The van der Waals surface area contributed by atoms with Crippen LogP contribution in [0, 0.1) is 10.8 Å². The van der Waals surface area contributed by atoms with Crippen LogP contribution in [0.2, 0.25) is 0 Å². The lowest BCUT2D eigenvalue weighted by Gasteiger charge is -2.24. The zero-order valence-corrected chi connectivity index (χ0v) is 26.3. The van der Waals surface area contributed by atoms with Gasteiger partial charge in [0.2, 0.25) is 21.5 Å². The summed E-state index contributed by atoms with van der Waals surface area (Å²) in [5, 5.41) is 15.4. The van der Waals surface area contributed by atoms with Gasteiger partial charge in [0, 0.05) is 29.9 Å². The van der Waals surface area contributed by atoms with E-state index < -0.39 is 10.0 Å². The van der Waals surface area contributed by atoms with Crippen LogP contribution in [0.1, 0.15) is 11.1 Å². The van der Waals surface area contributed by atoms with Crippen molar-refractivity contribution in [3.63, 3.8) is 0 Å². The number of hydrogen-bond acceptors (Lipinski definition) is 11. The lowest BCUT2D eigenvalue weighted by molar-refractivity contribution is 0.219. The number of hydrogen-bond donors (Lipinski definition) is 5. The van der Waals surface area contributed by atoms with E-state index in [1.807, 2.05) is 0 Å². The van der Waals surface area contributed by atoms with Crippen LogP contribution < -0.4 is 45.6 Å². The molecule has 3 aromatic carbocycles. The molecule has 0 saturated heterocycles. The molecule has 0 bridgehead atoms. The van der Waals surface area contributed by atoms with Crippen LogP contribution in [-0.2, 0) is 10.0 Å². The van der Waals surface area contributed by atoms with Crippen LogP contribution in [-0.4, -0.2) is 79.1 Å². The predicted molar refractivity (Wildman–Crippen MR) is 169 cm³/mol. The van der Waals surface area contributed by atoms with Gasteiger partial charge in [-0.2, -0.15) is 4.31 Å². The summed E-state index contributed by atoms with van der Waals surface area (Å²) in [6.07, 6.45) is 0. The Balaban J connectivity index is 0.00000675. The van der Waals surface area contributed by atoms with Gasteiger partial charge in [0.1, 0.15) is 24.9 Å². The third kappa shape index (κ3) is 8.27. The molecule has 240 valence electrons. The monoisotopic (exact) mass is 652 g/mol. The maximum absolute atomic E-state index is 13.7. The van der Waals surface area contributed by atoms with Gasteiger partial charge in [-0.1, -0.05) is 0 Å². The number of benzene rings is 3. The Morgan fingerprint density at radius 3 is 1.34 bits per heavy atom. The van der Waals surface area contributed by atoms with E-state index in [1.165, 1.54) is 81.3 Å². The molecular formula is C28H37ClN6O8S. The Labute approximate surface area is 262 Å². The van der Waals surface area contributed by atoms with E-state index in [2.05, 4.69) is 0 Å².